The third kappa shape index (κ3) is 2.10. The lowest BCUT2D eigenvalue weighted by Crippen LogP contribution is -2.21. The predicted octanol–water partition coefficient (Wildman–Crippen LogP) is 1.36. The first-order valence-electron chi connectivity index (χ1n) is 5.52. The highest BCUT2D eigenvalue weighted by atomic mass is 35.5. The van der Waals surface area contributed by atoms with Gasteiger partial charge in [0.25, 0.3) is 0 Å². The zero-order valence-electron chi connectivity index (χ0n) is 9.67. The second-order valence-electron chi connectivity index (χ2n) is 4.57. The quantitative estimate of drug-likeness (QED) is 0.769. The number of halogens is 1. The van der Waals surface area contributed by atoms with Crippen LogP contribution < -0.4 is 5.73 Å². The molecular weight excluding hydrogens is 238 g/mol. The van der Waals surface area contributed by atoms with Crippen LogP contribution in [-0.2, 0) is 4.84 Å². The summed E-state index contributed by atoms with van der Waals surface area (Å²) in [5.41, 5.74) is 8.64. The summed E-state index contributed by atoms with van der Waals surface area (Å²) in [5, 5.41) is 4.20. The third-order valence-electron chi connectivity index (χ3n) is 3.29. The molecule has 17 heavy (non-hydrogen) atoms. The monoisotopic (exact) mass is 253 g/mol. The van der Waals surface area contributed by atoms with E-state index in [1.165, 1.54) is 0 Å². The van der Waals surface area contributed by atoms with Gasteiger partial charge in [-0.05, 0) is 24.7 Å². The molecule has 0 radical (unpaired) electrons. The number of likely N-dealkylation sites (tertiary alicyclic amines) is 1. The molecule has 3 rings (SSSR count). The van der Waals surface area contributed by atoms with E-state index >= 15 is 0 Å². The minimum absolute atomic E-state index is 0. The molecule has 92 valence electrons. The number of nitrogens with zero attached hydrogens (tertiary/aromatic N) is 2. The van der Waals surface area contributed by atoms with Crippen LogP contribution in [0.1, 0.15) is 5.56 Å². The molecule has 1 aromatic carbocycles. The summed E-state index contributed by atoms with van der Waals surface area (Å²) in [4.78, 5) is 7.74. The molecule has 2 N–H and O–H groups in total. The Labute approximate surface area is 107 Å². The van der Waals surface area contributed by atoms with Gasteiger partial charge in [-0.25, -0.2) is 0 Å². The van der Waals surface area contributed by atoms with Crippen molar-refractivity contribution in [2.75, 3.05) is 25.9 Å². The number of rotatable bonds is 1. The summed E-state index contributed by atoms with van der Waals surface area (Å²) in [5.74, 6) is 0.411. The Morgan fingerprint density at radius 3 is 2.71 bits per heavy atom. The molecular formula is C12H16ClN3O. The molecule has 0 spiro atoms. The Bertz CT molecular complexity index is 432. The van der Waals surface area contributed by atoms with E-state index in [2.05, 4.69) is 17.1 Å². The van der Waals surface area contributed by atoms with Crippen LogP contribution in [0.3, 0.4) is 0 Å². The first-order valence-corrected chi connectivity index (χ1v) is 5.52. The molecule has 1 saturated heterocycles. The number of hydrogen-bond acceptors (Lipinski definition) is 4. The number of likely N-dealkylation sites (N-methyl/N-ethyl adjacent to an activating group) is 1. The standard InChI is InChI=1S/C12H15N3O.ClH/c1-15-6-10-11(7-15)16-14-12(10)8-2-4-9(13)5-3-8;/h2-5,10-11H,6-7,13H2,1H3;1H. The van der Waals surface area contributed by atoms with Gasteiger partial charge in [0.1, 0.15) is 6.10 Å². The van der Waals surface area contributed by atoms with Crippen LogP contribution in [0.25, 0.3) is 0 Å². The number of fused-ring (bicyclic) bond motifs is 1. The summed E-state index contributed by atoms with van der Waals surface area (Å²) in [6, 6.07) is 7.84. The van der Waals surface area contributed by atoms with Gasteiger partial charge >= 0.3 is 0 Å². The maximum atomic E-state index is 5.67. The average Bonchev–Trinajstić information content (AvgIpc) is 2.78. The van der Waals surface area contributed by atoms with Gasteiger partial charge in [-0.1, -0.05) is 17.3 Å². The van der Waals surface area contributed by atoms with E-state index in [1.54, 1.807) is 0 Å². The molecule has 2 atom stereocenters. The van der Waals surface area contributed by atoms with E-state index < -0.39 is 0 Å². The third-order valence-corrected chi connectivity index (χ3v) is 3.29. The van der Waals surface area contributed by atoms with E-state index in [9.17, 15) is 0 Å². The lowest BCUT2D eigenvalue weighted by atomic mass is 9.95. The van der Waals surface area contributed by atoms with E-state index in [0.29, 0.717) is 5.92 Å². The summed E-state index contributed by atoms with van der Waals surface area (Å²) in [6.45, 7) is 1.99. The fraction of sp³-hybridized carbons (Fsp3) is 0.417. The van der Waals surface area contributed by atoms with E-state index in [4.69, 9.17) is 10.6 Å². The largest absolute Gasteiger partial charge is 0.399 e. The van der Waals surface area contributed by atoms with Gasteiger partial charge in [0, 0.05) is 18.8 Å². The van der Waals surface area contributed by atoms with Crippen LogP contribution in [0.15, 0.2) is 29.4 Å². The van der Waals surface area contributed by atoms with Crippen molar-refractivity contribution in [2.24, 2.45) is 11.1 Å². The second-order valence-corrected chi connectivity index (χ2v) is 4.57. The molecule has 0 bridgehead atoms. The van der Waals surface area contributed by atoms with Crippen molar-refractivity contribution in [3.63, 3.8) is 0 Å². The number of benzene rings is 1. The lowest BCUT2D eigenvalue weighted by molar-refractivity contribution is 0.0773. The molecule has 4 nitrogen and oxygen atoms in total. The Morgan fingerprint density at radius 1 is 1.29 bits per heavy atom. The minimum atomic E-state index is 0. The fourth-order valence-corrected chi connectivity index (χ4v) is 2.44. The molecule has 0 aliphatic carbocycles. The first-order chi connectivity index (χ1) is 7.74. The number of nitrogen functional groups attached to an aromatic ring is 1. The van der Waals surface area contributed by atoms with Gasteiger partial charge in [-0.2, -0.15) is 0 Å². The molecule has 0 amide bonds. The van der Waals surface area contributed by atoms with Crippen molar-refractivity contribution in [3.05, 3.63) is 29.8 Å². The Hall–Kier alpha value is -1.26. The van der Waals surface area contributed by atoms with E-state index in [0.717, 1.165) is 30.1 Å². The molecule has 0 saturated carbocycles. The highest BCUT2D eigenvalue weighted by molar-refractivity contribution is 6.03. The van der Waals surface area contributed by atoms with Gasteiger partial charge in [-0.3, -0.25) is 0 Å². The van der Waals surface area contributed by atoms with Crippen LogP contribution in [0.2, 0.25) is 0 Å². The molecule has 1 aromatic rings. The fourth-order valence-electron chi connectivity index (χ4n) is 2.44. The molecule has 5 heteroatoms. The number of oxime groups is 1. The van der Waals surface area contributed by atoms with Gasteiger partial charge < -0.3 is 15.5 Å². The molecule has 2 aliphatic heterocycles. The van der Waals surface area contributed by atoms with Gasteiger partial charge in [0.2, 0.25) is 0 Å². The smallest absolute Gasteiger partial charge is 0.149 e. The molecule has 1 fully saturated rings. The summed E-state index contributed by atoms with van der Waals surface area (Å²) in [7, 11) is 2.11. The zero-order valence-corrected chi connectivity index (χ0v) is 10.5. The van der Waals surface area contributed by atoms with E-state index in [1.807, 2.05) is 24.3 Å². The zero-order chi connectivity index (χ0) is 11.1. The Kier molecular flexibility index (Phi) is 3.26. The summed E-state index contributed by atoms with van der Waals surface area (Å²) < 4.78 is 0. The number of anilines is 1. The maximum Gasteiger partial charge on any atom is 0.149 e. The van der Waals surface area contributed by atoms with Crippen molar-refractivity contribution in [2.45, 2.75) is 6.10 Å². The van der Waals surface area contributed by atoms with Crippen molar-refractivity contribution in [3.8, 4) is 0 Å². The molecule has 2 unspecified atom stereocenters. The predicted molar refractivity (Wildman–Crippen MR) is 70.5 cm³/mol. The van der Waals surface area contributed by atoms with E-state index in [-0.39, 0.29) is 18.5 Å². The van der Waals surface area contributed by atoms with Crippen LogP contribution >= 0.6 is 12.4 Å². The average molecular weight is 254 g/mol. The van der Waals surface area contributed by atoms with Gasteiger partial charge in [0.05, 0.1) is 11.6 Å². The Balaban J connectivity index is 0.00000108. The van der Waals surface area contributed by atoms with Crippen LogP contribution in [0.5, 0.6) is 0 Å². The van der Waals surface area contributed by atoms with Crippen LogP contribution in [0, 0.1) is 5.92 Å². The highest BCUT2D eigenvalue weighted by Crippen LogP contribution is 2.29. The topological polar surface area (TPSA) is 50.8 Å². The van der Waals surface area contributed by atoms with Gasteiger partial charge in [0.15, 0.2) is 0 Å². The Morgan fingerprint density at radius 2 is 2.00 bits per heavy atom. The van der Waals surface area contributed by atoms with Crippen LogP contribution in [0.4, 0.5) is 5.69 Å². The second kappa shape index (κ2) is 4.55. The first kappa shape index (κ1) is 12.2. The molecule has 2 aliphatic rings. The van der Waals surface area contributed by atoms with Crippen LogP contribution in [-0.4, -0.2) is 36.9 Å². The van der Waals surface area contributed by atoms with Crippen molar-refractivity contribution >= 4 is 23.8 Å². The normalized spacial score (nSPS) is 27.0. The minimum Gasteiger partial charge on any atom is -0.399 e. The van der Waals surface area contributed by atoms with Crippen molar-refractivity contribution in [1.29, 1.82) is 0 Å². The van der Waals surface area contributed by atoms with Crippen molar-refractivity contribution < 1.29 is 4.84 Å². The molecule has 0 aromatic heterocycles. The maximum absolute atomic E-state index is 5.67. The highest BCUT2D eigenvalue weighted by Gasteiger charge is 2.41. The van der Waals surface area contributed by atoms with Crippen molar-refractivity contribution in [1.82, 2.24) is 4.90 Å². The number of nitrogens with two attached hydrogens (primary N) is 1. The SMILES string of the molecule is CN1CC2ON=C(c3ccc(N)cc3)C2C1.Cl. The summed E-state index contributed by atoms with van der Waals surface area (Å²) >= 11 is 0. The lowest BCUT2D eigenvalue weighted by Gasteiger charge is -2.09. The number of hydrogen-bond donors (Lipinski definition) is 1. The van der Waals surface area contributed by atoms with Gasteiger partial charge in [-0.15, -0.1) is 12.4 Å². The molecule has 2 heterocycles. The summed E-state index contributed by atoms with van der Waals surface area (Å²) in [6.07, 6.45) is 0.234.